The maximum absolute atomic E-state index is 11.4. The van der Waals surface area contributed by atoms with Crippen molar-refractivity contribution in [1.82, 2.24) is 9.97 Å². The second-order valence-electron chi connectivity index (χ2n) is 6.33. The fraction of sp³-hybridized carbons (Fsp3) is 0.300. The molecule has 1 aromatic heterocycles. The average molecular weight is 351 g/mol. The number of carboxylic acids is 1. The molecule has 0 spiro atoms. The van der Waals surface area contributed by atoms with E-state index in [1.54, 1.807) is 18.2 Å². The molecule has 0 unspecified atom stereocenters. The molecule has 0 saturated carbocycles. The number of carbonyl (C=O) groups excluding carboxylic acids is 1. The molecule has 134 valence electrons. The minimum atomic E-state index is -0.793. The number of aromatic nitrogens is 2. The third-order valence-corrected chi connectivity index (χ3v) is 4.34. The first kappa shape index (κ1) is 17.8. The van der Waals surface area contributed by atoms with Crippen LogP contribution in [0.5, 0.6) is 0 Å². The van der Waals surface area contributed by atoms with E-state index in [1.165, 1.54) is 0 Å². The Hall–Kier alpha value is -3.02. The molecule has 1 heterocycles. The summed E-state index contributed by atoms with van der Waals surface area (Å²) in [6, 6.07) is 5.06. The molecule has 26 heavy (non-hydrogen) atoms. The van der Waals surface area contributed by atoms with E-state index >= 15 is 0 Å². The lowest BCUT2D eigenvalue weighted by atomic mass is 9.99. The third kappa shape index (κ3) is 4.14. The number of allylic oxidation sites excluding steroid dienone is 4. The van der Waals surface area contributed by atoms with Gasteiger partial charge in [-0.3, -0.25) is 9.59 Å². The normalized spacial score (nSPS) is 13.6. The molecule has 0 saturated heterocycles. The van der Waals surface area contributed by atoms with Crippen LogP contribution in [0.4, 0.5) is 0 Å². The zero-order chi connectivity index (χ0) is 18.5. The van der Waals surface area contributed by atoms with E-state index in [0.29, 0.717) is 35.9 Å². The van der Waals surface area contributed by atoms with Gasteiger partial charge in [0.25, 0.3) is 0 Å². The summed E-state index contributed by atoms with van der Waals surface area (Å²) < 4.78 is 0. The Morgan fingerprint density at radius 3 is 2.65 bits per heavy atom. The molecule has 0 radical (unpaired) electrons. The van der Waals surface area contributed by atoms with Gasteiger partial charge < -0.3 is 10.8 Å². The molecule has 0 aliphatic heterocycles. The number of nitrogens with two attached hydrogens (primary N) is 1. The average Bonchev–Trinajstić information content (AvgIpc) is 2.64. The first-order valence-corrected chi connectivity index (χ1v) is 8.74. The number of amides is 1. The molecule has 6 nitrogen and oxygen atoms in total. The molecular formula is C20H21N3O3. The number of carbonyl (C=O) groups is 2. The summed E-state index contributed by atoms with van der Waals surface area (Å²) in [5, 5.41) is 8.80. The first-order valence-electron chi connectivity index (χ1n) is 8.74. The summed E-state index contributed by atoms with van der Waals surface area (Å²) in [6.07, 6.45) is 10.4. The van der Waals surface area contributed by atoms with Crippen LogP contribution in [0, 0.1) is 0 Å². The van der Waals surface area contributed by atoms with Crippen molar-refractivity contribution < 1.29 is 14.7 Å². The van der Waals surface area contributed by atoms with Gasteiger partial charge in [-0.25, -0.2) is 9.97 Å². The number of rotatable bonds is 7. The Balaban J connectivity index is 1.98. The fourth-order valence-corrected chi connectivity index (χ4v) is 3.01. The highest BCUT2D eigenvalue weighted by atomic mass is 16.4. The van der Waals surface area contributed by atoms with Gasteiger partial charge in [0.2, 0.25) is 5.91 Å². The topological polar surface area (TPSA) is 106 Å². The predicted molar refractivity (Wildman–Crippen MR) is 99.6 cm³/mol. The van der Waals surface area contributed by atoms with Crippen molar-refractivity contribution in [1.29, 1.82) is 0 Å². The van der Waals surface area contributed by atoms with Crippen LogP contribution in [-0.2, 0) is 11.2 Å². The van der Waals surface area contributed by atoms with Crippen LogP contribution in [-0.4, -0.2) is 27.0 Å². The highest BCUT2D eigenvalue weighted by Gasteiger charge is 2.14. The molecule has 6 heteroatoms. The van der Waals surface area contributed by atoms with Crippen molar-refractivity contribution >= 4 is 28.5 Å². The number of aryl methyl sites for hydroxylation is 1. The third-order valence-electron chi connectivity index (χ3n) is 4.34. The lowest BCUT2D eigenvalue weighted by Crippen LogP contribution is -2.11. The summed E-state index contributed by atoms with van der Waals surface area (Å²) in [7, 11) is 0. The molecule has 1 aliphatic carbocycles. The predicted octanol–water partition coefficient (Wildman–Crippen LogP) is 3.26. The molecule has 1 amide bonds. The van der Waals surface area contributed by atoms with Crippen LogP contribution in [0.3, 0.4) is 0 Å². The lowest BCUT2D eigenvalue weighted by molar-refractivity contribution is -0.137. The summed E-state index contributed by atoms with van der Waals surface area (Å²) in [6.45, 7) is 0. The first-order chi connectivity index (χ1) is 12.5. The van der Waals surface area contributed by atoms with Gasteiger partial charge >= 0.3 is 5.97 Å². The smallest absolute Gasteiger partial charge is 0.303 e. The Kier molecular flexibility index (Phi) is 5.41. The number of benzene rings is 1. The Morgan fingerprint density at radius 2 is 1.96 bits per heavy atom. The molecule has 3 N–H and O–H groups in total. The minimum absolute atomic E-state index is 0.144. The summed E-state index contributed by atoms with van der Waals surface area (Å²) in [4.78, 5) is 31.6. The van der Waals surface area contributed by atoms with Gasteiger partial charge in [0.05, 0.1) is 22.4 Å². The van der Waals surface area contributed by atoms with Gasteiger partial charge in [0.15, 0.2) is 0 Å². The molecule has 1 aliphatic rings. The number of aliphatic carboxylic acids is 1. The summed E-state index contributed by atoms with van der Waals surface area (Å²) in [5.74, 6) is -1.29. The van der Waals surface area contributed by atoms with Crippen molar-refractivity contribution in [2.75, 3.05) is 0 Å². The second kappa shape index (κ2) is 7.91. The van der Waals surface area contributed by atoms with Crippen LogP contribution in [0.2, 0.25) is 0 Å². The maximum atomic E-state index is 11.4. The van der Waals surface area contributed by atoms with E-state index in [2.05, 4.69) is 18.2 Å². The zero-order valence-corrected chi connectivity index (χ0v) is 14.4. The van der Waals surface area contributed by atoms with Gasteiger partial charge in [0.1, 0.15) is 0 Å². The van der Waals surface area contributed by atoms with Gasteiger partial charge in [0, 0.05) is 12.0 Å². The number of primary amides is 1. The van der Waals surface area contributed by atoms with E-state index in [1.807, 2.05) is 0 Å². The molecule has 3 rings (SSSR count). The molecule has 1 aromatic carbocycles. The van der Waals surface area contributed by atoms with Crippen LogP contribution in [0.25, 0.3) is 16.6 Å². The second-order valence-corrected chi connectivity index (χ2v) is 6.33. The van der Waals surface area contributed by atoms with Gasteiger partial charge in [-0.2, -0.15) is 0 Å². The molecule has 0 bridgehead atoms. The highest BCUT2D eigenvalue weighted by Crippen LogP contribution is 2.26. The number of hydrogen-bond donors (Lipinski definition) is 2. The van der Waals surface area contributed by atoms with E-state index in [-0.39, 0.29) is 6.42 Å². The Morgan fingerprint density at radius 1 is 1.12 bits per heavy atom. The van der Waals surface area contributed by atoms with Crippen LogP contribution < -0.4 is 5.73 Å². The maximum Gasteiger partial charge on any atom is 0.303 e. The van der Waals surface area contributed by atoms with Crippen molar-refractivity contribution in [2.24, 2.45) is 5.73 Å². The van der Waals surface area contributed by atoms with Crippen molar-refractivity contribution in [2.45, 2.75) is 38.5 Å². The number of fused-ring (bicyclic) bond motifs is 1. The van der Waals surface area contributed by atoms with Crippen molar-refractivity contribution in [3.8, 4) is 0 Å². The van der Waals surface area contributed by atoms with Crippen molar-refractivity contribution in [3.05, 3.63) is 53.4 Å². The van der Waals surface area contributed by atoms with Crippen LogP contribution in [0.1, 0.15) is 53.8 Å². The van der Waals surface area contributed by atoms with E-state index in [4.69, 9.17) is 20.8 Å². The largest absolute Gasteiger partial charge is 0.481 e. The number of nitrogens with zero attached hydrogens (tertiary/aromatic N) is 2. The lowest BCUT2D eigenvalue weighted by Gasteiger charge is -2.13. The number of hydrogen-bond acceptors (Lipinski definition) is 4. The van der Waals surface area contributed by atoms with Gasteiger partial charge in [-0.15, -0.1) is 0 Å². The summed E-state index contributed by atoms with van der Waals surface area (Å²) in [5.41, 5.74) is 9.77. The Bertz CT molecular complexity index is 916. The minimum Gasteiger partial charge on any atom is -0.481 e. The monoisotopic (exact) mass is 351 g/mol. The number of unbranched alkanes of at least 4 members (excludes halogenated alkanes) is 1. The highest BCUT2D eigenvalue weighted by molar-refractivity contribution is 5.96. The Labute approximate surface area is 151 Å². The molecule has 0 fully saturated rings. The fourth-order valence-electron chi connectivity index (χ4n) is 3.01. The molecular weight excluding hydrogens is 330 g/mol. The zero-order valence-electron chi connectivity index (χ0n) is 14.4. The van der Waals surface area contributed by atoms with Crippen LogP contribution >= 0.6 is 0 Å². The summed E-state index contributed by atoms with van der Waals surface area (Å²) >= 11 is 0. The molecule has 0 atom stereocenters. The standard InChI is InChI=1S/C20H21N3O3/c21-20(26)14-10-11-15-17(12-14)22-16(8-4-5-9-18(24)25)19(23-15)13-6-2-1-3-7-13/h2,6-7,10-12H,1,3-5,8-9H2,(H2,21,26)(H,24,25). The van der Waals surface area contributed by atoms with E-state index in [0.717, 1.165) is 29.8 Å². The SMILES string of the molecule is NC(=O)c1ccc2nc(C3=CCCC=C3)c(CCCCC(=O)O)nc2c1. The van der Waals surface area contributed by atoms with E-state index < -0.39 is 11.9 Å². The van der Waals surface area contributed by atoms with Gasteiger partial charge in [-0.05, 0) is 55.9 Å². The van der Waals surface area contributed by atoms with E-state index in [9.17, 15) is 9.59 Å². The van der Waals surface area contributed by atoms with Crippen LogP contribution in [0.15, 0.2) is 36.4 Å². The number of carboxylic acid groups (broad SMARTS) is 1. The van der Waals surface area contributed by atoms with Gasteiger partial charge in [-0.1, -0.05) is 18.2 Å². The quantitative estimate of drug-likeness (QED) is 0.745. The van der Waals surface area contributed by atoms with Crippen molar-refractivity contribution in [3.63, 3.8) is 0 Å². The molecule has 2 aromatic rings.